The summed E-state index contributed by atoms with van der Waals surface area (Å²) in [5, 5.41) is 11.0. The van der Waals surface area contributed by atoms with Gasteiger partial charge in [-0.15, -0.1) is 17.5 Å². The first-order chi connectivity index (χ1) is 10.1. The van der Waals surface area contributed by atoms with Gasteiger partial charge in [-0.2, -0.15) is 0 Å². The van der Waals surface area contributed by atoms with Gasteiger partial charge in [0.25, 0.3) is 0 Å². The molecule has 1 aliphatic heterocycles. The Labute approximate surface area is 137 Å². The number of hydrogen-bond donors (Lipinski definition) is 0. The molecule has 22 heavy (non-hydrogen) atoms. The number of aromatic nitrogens is 4. The molecule has 1 amide bonds. The smallest absolute Gasteiger partial charge is 0.222 e. The van der Waals surface area contributed by atoms with Crippen LogP contribution in [-0.2, 0) is 11.3 Å². The van der Waals surface area contributed by atoms with Gasteiger partial charge in [-0.05, 0) is 55.6 Å². The summed E-state index contributed by atoms with van der Waals surface area (Å²) in [6, 6.07) is 0.529. The van der Waals surface area contributed by atoms with Gasteiger partial charge < -0.3 is 9.80 Å². The Kier molecular flexibility index (Phi) is 5.74. The maximum Gasteiger partial charge on any atom is 0.222 e. The van der Waals surface area contributed by atoms with Gasteiger partial charge in [-0.25, -0.2) is 4.68 Å². The number of nitrogens with zero attached hydrogens (tertiary/aromatic N) is 6. The molecule has 0 unspecified atom stereocenters. The summed E-state index contributed by atoms with van der Waals surface area (Å²) in [6.07, 6.45) is 5.65. The Balaban J connectivity index is 0.00000176. The number of rotatable bonds is 6. The van der Waals surface area contributed by atoms with Gasteiger partial charge in [0, 0.05) is 32.1 Å². The molecule has 0 spiro atoms. The van der Waals surface area contributed by atoms with E-state index in [9.17, 15) is 4.79 Å². The quantitative estimate of drug-likeness (QED) is 0.768. The van der Waals surface area contributed by atoms with Crippen LogP contribution in [0.5, 0.6) is 0 Å². The molecule has 0 N–H and O–H groups in total. The van der Waals surface area contributed by atoms with Crippen molar-refractivity contribution in [3.63, 3.8) is 0 Å². The Morgan fingerprint density at radius 2 is 2.09 bits per heavy atom. The first kappa shape index (κ1) is 17.1. The maximum absolute atomic E-state index is 12.4. The van der Waals surface area contributed by atoms with Crippen LogP contribution >= 0.6 is 12.4 Å². The zero-order valence-electron chi connectivity index (χ0n) is 13.3. The van der Waals surface area contributed by atoms with E-state index in [4.69, 9.17) is 0 Å². The Hall–Kier alpha value is -1.21. The lowest BCUT2D eigenvalue weighted by atomic mass is 9.97. The van der Waals surface area contributed by atoms with Crippen LogP contribution in [0.25, 0.3) is 0 Å². The first-order valence-electron chi connectivity index (χ1n) is 7.80. The average molecular weight is 329 g/mol. The standard InChI is InChI=1S/C14H24N6O.ClH/c1-18(2)13-9-19(8-12(13)11-5-6-11)14(21)4-3-7-20-10-15-16-17-20;/h10-13H,3-9H2,1-2H3;1H/t12-,13+;/m1./s1. The number of carbonyl (C=O) groups is 1. The van der Waals surface area contributed by atoms with Crippen LogP contribution in [0.4, 0.5) is 0 Å². The third-order valence-corrected chi connectivity index (χ3v) is 4.75. The summed E-state index contributed by atoms with van der Waals surface area (Å²) in [5.74, 6) is 1.79. The molecule has 124 valence electrons. The van der Waals surface area contributed by atoms with E-state index < -0.39 is 0 Å². The molecule has 0 radical (unpaired) electrons. The zero-order chi connectivity index (χ0) is 14.8. The van der Waals surface area contributed by atoms with Crippen molar-refractivity contribution in [3.05, 3.63) is 6.33 Å². The SMILES string of the molecule is CN(C)[C@H]1CN(C(=O)CCCn2cnnn2)C[C@@H]1C1CC1.Cl. The number of halogens is 1. The Bertz CT molecular complexity index is 466. The van der Waals surface area contributed by atoms with Crippen LogP contribution in [-0.4, -0.2) is 69.1 Å². The summed E-state index contributed by atoms with van der Waals surface area (Å²) in [5.41, 5.74) is 0. The lowest BCUT2D eigenvalue weighted by Gasteiger charge is -2.24. The van der Waals surface area contributed by atoms with Gasteiger partial charge >= 0.3 is 0 Å². The molecule has 1 aliphatic carbocycles. The highest BCUT2D eigenvalue weighted by atomic mass is 35.5. The molecule has 0 aromatic carbocycles. The van der Waals surface area contributed by atoms with Crippen molar-refractivity contribution in [1.29, 1.82) is 0 Å². The number of carbonyl (C=O) groups excluding carboxylic acids is 1. The number of amides is 1. The maximum atomic E-state index is 12.4. The molecule has 1 saturated carbocycles. The second-order valence-corrected chi connectivity index (χ2v) is 6.51. The van der Waals surface area contributed by atoms with Crippen molar-refractivity contribution >= 4 is 18.3 Å². The molecular formula is C14H25ClN6O. The van der Waals surface area contributed by atoms with Gasteiger partial charge in [0.15, 0.2) is 0 Å². The van der Waals surface area contributed by atoms with Crippen molar-refractivity contribution in [1.82, 2.24) is 30.0 Å². The number of aryl methyl sites for hydroxylation is 1. The van der Waals surface area contributed by atoms with E-state index >= 15 is 0 Å². The van der Waals surface area contributed by atoms with Crippen molar-refractivity contribution in [3.8, 4) is 0 Å². The molecule has 8 heteroatoms. The molecule has 2 fully saturated rings. The predicted octanol–water partition coefficient (Wildman–Crippen LogP) is 0.674. The minimum absolute atomic E-state index is 0. The van der Waals surface area contributed by atoms with Crippen molar-refractivity contribution < 1.29 is 4.79 Å². The molecular weight excluding hydrogens is 304 g/mol. The highest BCUT2D eigenvalue weighted by molar-refractivity contribution is 5.85. The van der Waals surface area contributed by atoms with E-state index in [0.29, 0.717) is 24.9 Å². The highest BCUT2D eigenvalue weighted by Gasteiger charge is 2.44. The van der Waals surface area contributed by atoms with E-state index in [1.807, 2.05) is 0 Å². The van der Waals surface area contributed by atoms with E-state index in [0.717, 1.165) is 25.4 Å². The Morgan fingerprint density at radius 1 is 1.32 bits per heavy atom. The minimum Gasteiger partial charge on any atom is -0.341 e. The van der Waals surface area contributed by atoms with E-state index in [-0.39, 0.29) is 18.3 Å². The molecule has 2 heterocycles. The number of hydrogen-bond acceptors (Lipinski definition) is 5. The summed E-state index contributed by atoms with van der Waals surface area (Å²) in [7, 11) is 4.26. The lowest BCUT2D eigenvalue weighted by Crippen LogP contribution is -2.36. The Morgan fingerprint density at radius 3 is 2.68 bits per heavy atom. The molecule has 2 atom stereocenters. The summed E-state index contributed by atoms with van der Waals surface area (Å²) >= 11 is 0. The molecule has 7 nitrogen and oxygen atoms in total. The molecule has 2 aliphatic rings. The number of likely N-dealkylation sites (tertiary alicyclic amines) is 1. The van der Waals surface area contributed by atoms with E-state index in [1.54, 1.807) is 11.0 Å². The summed E-state index contributed by atoms with van der Waals surface area (Å²) in [6.45, 7) is 2.53. The fourth-order valence-corrected chi connectivity index (χ4v) is 3.38. The first-order valence-corrected chi connectivity index (χ1v) is 7.80. The fourth-order valence-electron chi connectivity index (χ4n) is 3.38. The van der Waals surface area contributed by atoms with Crippen molar-refractivity contribution in [2.75, 3.05) is 27.2 Å². The van der Waals surface area contributed by atoms with Crippen LogP contribution < -0.4 is 0 Å². The number of likely N-dealkylation sites (N-methyl/N-ethyl adjacent to an activating group) is 1. The van der Waals surface area contributed by atoms with E-state index in [1.165, 1.54) is 12.8 Å². The van der Waals surface area contributed by atoms with Gasteiger partial charge in [-0.3, -0.25) is 4.79 Å². The topological polar surface area (TPSA) is 67.2 Å². The normalized spacial score (nSPS) is 24.6. The second kappa shape index (κ2) is 7.37. The predicted molar refractivity (Wildman–Crippen MR) is 84.6 cm³/mol. The molecule has 3 rings (SSSR count). The van der Waals surface area contributed by atoms with Crippen LogP contribution in [0, 0.1) is 11.8 Å². The highest BCUT2D eigenvalue weighted by Crippen LogP contribution is 2.42. The summed E-state index contributed by atoms with van der Waals surface area (Å²) in [4.78, 5) is 16.7. The third-order valence-electron chi connectivity index (χ3n) is 4.75. The molecule has 1 aromatic heterocycles. The van der Waals surface area contributed by atoms with Crippen LogP contribution in [0.3, 0.4) is 0 Å². The zero-order valence-corrected chi connectivity index (χ0v) is 14.1. The number of tetrazole rings is 1. The van der Waals surface area contributed by atoms with Crippen molar-refractivity contribution in [2.45, 2.75) is 38.3 Å². The second-order valence-electron chi connectivity index (χ2n) is 6.51. The van der Waals surface area contributed by atoms with Gasteiger partial charge in [0.1, 0.15) is 6.33 Å². The third kappa shape index (κ3) is 3.95. The fraction of sp³-hybridized carbons (Fsp3) is 0.857. The van der Waals surface area contributed by atoms with Crippen LogP contribution in [0.1, 0.15) is 25.7 Å². The van der Waals surface area contributed by atoms with E-state index in [2.05, 4.69) is 39.4 Å². The largest absolute Gasteiger partial charge is 0.341 e. The van der Waals surface area contributed by atoms with Crippen LogP contribution in [0.15, 0.2) is 6.33 Å². The van der Waals surface area contributed by atoms with Crippen LogP contribution in [0.2, 0.25) is 0 Å². The summed E-state index contributed by atoms with van der Waals surface area (Å²) < 4.78 is 1.67. The van der Waals surface area contributed by atoms with Gasteiger partial charge in [-0.1, -0.05) is 0 Å². The lowest BCUT2D eigenvalue weighted by molar-refractivity contribution is -0.130. The molecule has 0 bridgehead atoms. The molecule has 1 saturated heterocycles. The van der Waals surface area contributed by atoms with Crippen molar-refractivity contribution in [2.24, 2.45) is 11.8 Å². The average Bonchev–Trinajstić information content (AvgIpc) is 3.00. The minimum atomic E-state index is 0. The van der Waals surface area contributed by atoms with Gasteiger partial charge in [0.05, 0.1) is 0 Å². The van der Waals surface area contributed by atoms with Gasteiger partial charge in [0.2, 0.25) is 5.91 Å². The monoisotopic (exact) mass is 328 g/mol. The molecule has 1 aromatic rings.